The fourth-order valence-corrected chi connectivity index (χ4v) is 5.20. The number of sulfonamides is 1. The van der Waals surface area contributed by atoms with Gasteiger partial charge in [-0.2, -0.15) is 18.3 Å². The van der Waals surface area contributed by atoms with E-state index in [1.807, 2.05) is 0 Å². The molecule has 0 unspecified atom stereocenters. The van der Waals surface area contributed by atoms with E-state index in [1.165, 1.54) is 28.9 Å². The van der Waals surface area contributed by atoms with Gasteiger partial charge in [0, 0.05) is 36.0 Å². The van der Waals surface area contributed by atoms with Gasteiger partial charge in [-0.05, 0) is 76.6 Å². The lowest BCUT2D eigenvalue weighted by Gasteiger charge is -2.14. The van der Waals surface area contributed by atoms with Gasteiger partial charge in [0.2, 0.25) is 15.9 Å². The first kappa shape index (κ1) is 25.2. The third kappa shape index (κ3) is 6.57. The molecule has 0 fully saturated rings. The first-order valence-electron chi connectivity index (χ1n) is 11.1. The second kappa shape index (κ2) is 10.3. The van der Waals surface area contributed by atoms with Crippen LogP contribution in [0.4, 0.5) is 18.9 Å². The van der Waals surface area contributed by atoms with Gasteiger partial charge in [-0.3, -0.25) is 9.48 Å². The minimum atomic E-state index is -4.45. The highest BCUT2D eigenvalue weighted by Gasteiger charge is 2.39. The molecule has 1 aromatic carbocycles. The number of nitrogens with one attached hydrogen (secondary N) is 2. The predicted octanol–water partition coefficient (Wildman–Crippen LogP) is 4.28. The molecule has 33 heavy (non-hydrogen) atoms. The molecule has 0 aliphatic heterocycles. The van der Waals surface area contributed by atoms with Crippen LogP contribution in [0, 0.1) is 0 Å². The SMILES string of the molecule is CC(C)NS(=O)(=O)c1ccc(NC(=O)CCCCn2nc(C(F)(F)F)c3c2CCCC3)cc1. The molecule has 7 nitrogen and oxygen atoms in total. The summed E-state index contributed by atoms with van der Waals surface area (Å²) in [6.07, 6.45) is -0.646. The predicted molar refractivity (Wildman–Crippen MR) is 118 cm³/mol. The Morgan fingerprint density at radius 1 is 1.12 bits per heavy atom. The van der Waals surface area contributed by atoms with Gasteiger partial charge in [0.15, 0.2) is 5.69 Å². The molecule has 2 aromatic rings. The van der Waals surface area contributed by atoms with Gasteiger partial charge in [0.25, 0.3) is 0 Å². The number of anilines is 1. The molecule has 0 radical (unpaired) electrons. The number of alkyl halides is 3. The normalized spacial score (nSPS) is 14.4. The number of carbonyl (C=O) groups excluding carboxylic acids is 1. The maximum Gasteiger partial charge on any atom is 0.435 e. The third-order valence-corrected chi connectivity index (χ3v) is 7.06. The number of hydrogen-bond donors (Lipinski definition) is 2. The van der Waals surface area contributed by atoms with Gasteiger partial charge < -0.3 is 5.32 Å². The molecule has 2 N–H and O–H groups in total. The van der Waals surface area contributed by atoms with Crippen molar-refractivity contribution in [2.45, 2.75) is 82.5 Å². The molecule has 1 aliphatic carbocycles. The maximum absolute atomic E-state index is 13.3. The van der Waals surface area contributed by atoms with Crippen LogP contribution in [0.5, 0.6) is 0 Å². The molecule has 0 saturated heterocycles. The lowest BCUT2D eigenvalue weighted by atomic mass is 9.95. The van der Waals surface area contributed by atoms with Crippen molar-refractivity contribution in [2.24, 2.45) is 0 Å². The number of carbonyl (C=O) groups is 1. The molecule has 0 atom stereocenters. The second-order valence-corrected chi connectivity index (χ2v) is 10.2. The van der Waals surface area contributed by atoms with E-state index < -0.39 is 21.9 Å². The van der Waals surface area contributed by atoms with E-state index in [4.69, 9.17) is 0 Å². The summed E-state index contributed by atoms with van der Waals surface area (Å²) in [4.78, 5) is 12.3. The first-order valence-corrected chi connectivity index (χ1v) is 12.5. The average Bonchev–Trinajstić information content (AvgIpc) is 3.10. The minimum Gasteiger partial charge on any atom is -0.326 e. The highest BCUT2D eigenvalue weighted by Crippen LogP contribution is 2.35. The number of aryl methyl sites for hydroxylation is 1. The monoisotopic (exact) mass is 486 g/mol. The second-order valence-electron chi connectivity index (χ2n) is 8.51. The van der Waals surface area contributed by atoms with Crippen LogP contribution >= 0.6 is 0 Å². The molecule has 11 heteroatoms. The van der Waals surface area contributed by atoms with Crippen molar-refractivity contribution in [1.82, 2.24) is 14.5 Å². The zero-order chi connectivity index (χ0) is 24.2. The van der Waals surface area contributed by atoms with Crippen molar-refractivity contribution in [3.05, 3.63) is 41.2 Å². The van der Waals surface area contributed by atoms with Gasteiger partial charge in [0.05, 0.1) is 4.90 Å². The van der Waals surface area contributed by atoms with Crippen LogP contribution in [0.25, 0.3) is 0 Å². The lowest BCUT2D eigenvalue weighted by Crippen LogP contribution is -2.30. The molecule has 3 rings (SSSR count). The van der Waals surface area contributed by atoms with E-state index in [2.05, 4.69) is 15.1 Å². The molecular formula is C22H29F3N4O3S. The molecular weight excluding hydrogens is 457 g/mol. The highest BCUT2D eigenvalue weighted by molar-refractivity contribution is 7.89. The van der Waals surface area contributed by atoms with Gasteiger partial charge in [-0.15, -0.1) is 0 Å². The van der Waals surface area contributed by atoms with Crippen molar-refractivity contribution < 1.29 is 26.4 Å². The van der Waals surface area contributed by atoms with Crippen LogP contribution < -0.4 is 10.0 Å². The smallest absolute Gasteiger partial charge is 0.326 e. The van der Waals surface area contributed by atoms with Crippen LogP contribution in [-0.4, -0.2) is 30.1 Å². The van der Waals surface area contributed by atoms with Crippen LogP contribution in [0.3, 0.4) is 0 Å². The van der Waals surface area contributed by atoms with Crippen molar-refractivity contribution >= 4 is 21.6 Å². The number of unbranched alkanes of at least 4 members (excludes halogenated alkanes) is 1. The maximum atomic E-state index is 13.3. The summed E-state index contributed by atoms with van der Waals surface area (Å²) in [6.45, 7) is 3.78. The van der Waals surface area contributed by atoms with Crippen molar-refractivity contribution in [1.29, 1.82) is 0 Å². The Kier molecular flexibility index (Phi) is 7.84. The fraction of sp³-hybridized carbons (Fsp3) is 0.545. The highest BCUT2D eigenvalue weighted by atomic mass is 32.2. The number of fused-ring (bicyclic) bond motifs is 1. The topological polar surface area (TPSA) is 93.1 Å². The van der Waals surface area contributed by atoms with Gasteiger partial charge in [-0.25, -0.2) is 13.1 Å². The number of nitrogens with zero attached hydrogens (tertiary/aromatic N) is 2. The van der Waals surface area contributed by atoms with Crippen molar-refractivity contribution in [3.8, 4) is 0 Å². The Balaban J connectivity index is 1.50. The Morgan fingerprint density at radius 2 is 1.79 bits per heavy atom. The molecule has 182 valence electrons. The zero-order valence-corrected chi connectivity index (χ0v) is 19.5. The Hall–Kier alpha value is -2.40. The first-order chi connectivity index (χ1) is 15.5. The van der Waals surface area contributed by atoms with E-state index in [9.17, 15) is 26.4 Å². The van der Waals surface area contributed by atoms with E-state index in [-0.39, 0.29) is 23.3 Å². The largest absolute Gasteiger partial charge is 0.435 e. The molecule has 1 amide bonds. The van der Waals surface area contributed by atoms with Crippen LogP contribution in [0.2, 0.25) is 0 Å². The standard InChI is InChI=1S/C22H29F3N4O3S/c1-15(2)28-33(31,32)17-12-10-16(11-13-17)26-20(30)9-5-6-14-29-19-8-4-3-7-18(19)21(27-29)22(23,24)25/h10-13,15,28H,3-9,14H2,1-2H3,(H,26,30). The van der Waals surface area contributed by atoms with E-state index in [0.29, 0.717) is 49.2 Å². The summed E-state index contributed by atoms with van der Waals surface area (Å²) < 4.78 is 68.0. The van der Waals surface area contributed by atoms with Crippen LogP contribution in [0.1, 0.15) is 62.9 Å². The van der Waals surface area contributed by atoms with Crippen LogP contribution in [0.15, 0.2) is 29.2 Å². The summed E-state index contributed by atoms with van der Waals surface area (Å²) in [5.74, 6) is -0.246. The van der Waals surface area contributed by atoms with Gasteiger partial charge >= 0.3 is 6.18 Å². The number of benzene rings is 1. The van der Waals surface area contributed by atoms with Crippen molar-refractivity contribution in [3.63, 3.8) is 0 Å². The molecule has 1 aliphatic rings. The lowest BCUT2D eigenvalue weighted by molar-refractivity contribution is -0.142. The number of halogens is 3. The molecule has 0 saturated carbocycles. The number of rotatable bonds is 9. The zero-order valence-electron chi connectivity index (χ0n) is 18.7. The third-order valence-electron chi connectivity index (χ3n) is 5.39. The quantitative estimate of drug-likeness (QED) is 0.518. The summed E-state index contributed by atoms with van der Waals surface area (Å²) in [5.41, 5.74) is 0.684. The molecule has 0 bridgehead atoms. The molecule has 0 spiro atoms. The minimum absolute atomic E-state index is 0.106. The van der Waals surface area contributed by atoms with Gasteiger partial charge in [0.1, 0.15) is 0 Å². The van der Waals surface area contributed by atoms with E-state index in [0.717, 1.165) is 12.8 Å². The summed E-state index contributed by atoms with van der Waals surface area (Å²) >= 11 is 0. The van der Waals surface area contributed by atoms with Gasteiger partial charge in [-0.1, -0.05) is 0 Å². The number of amides is 1. The fourth-order valence-electron chi connectivity index (χ4n) is 3.95. The van der Waals surface area contributed by atoms with E-state index >= 15 is 0 Å². The number of hydrogen-bond acceptors (Lipinski definition) is 4. The Morgan fingerprint density at radius 3 is 2.42 bits per heavy atom. The summed E-state index contributed by atoms with van der Waals surface area (Å²) in [5, 5.41) is 6.54. The summed E-state index contributed by atoms with van der Waals surface area (Å²) in [7, 11) is -3.60. The average molecular weight is 487 g/mol. The van der Waals surface area contributed by atoms with Crippen molar-refractivity contribution in [2.75, 3.05) is 5.32 Å². The Labute approximate surface area is 191 Å². The summed E-state index contributed by atoms with van der Waals surface area (Å²) in [6, 6.07) is 5.63. The number of aromatic nitrogens is 2. The van der Waals surface area contributed by atoms with Crippen LogP contribution in [-0.2, 0) is 40.4 Å². The molecule has 1 heterocycles. The van der Waals surface area contributed by atoms with E-state index in [1.54, 1.807) is 13.8 Å². The Bertz CT molecular complexity index is 1080. The molecule has 1 aromatic heterocycles.